The van der Waals surface area contributed by atoms with Crippen LogP contribution in [0.2, 0.25) is 0 Å². The highest BCUT2D eigenvalue weighted by molar-refractivity contribution is 7.90. The molecule has 0 bridgehead atoms. The van der Waals surface area contributed by atoms with E-state index in [1.54, 1.807) is 6.92 Å². The van der Waals surface area contributed by atoms with Gasteiger partial charge in [-0.3, -0.25) is 0 Å². The lowest BCUT2D eigenvalue weighted by Gasteiger charge is -2.06. The molecule has 0 fully saturated rings. The number of halogens is 1. The van der Waals surface area contributed by atoms with Crippen LogP contribution >= 0.6 is 0 Å². The van der Waals surface area contributed by atoms with Crippen molar-refractivity contribution in [1.29, 1.82) is 0 Å². The van der Waals surface area contributed by atoms with E-state index in [1.165, 1.54) is 6.07 Å². The van der Waals surface area contributed by atoms with E-state index in [1.807, 2.05) is 0 Å². The van der Waals surface area contributed by atoms with Gasteiger partial charge < -0.3 is 5.73 Å². The molecule has 0 spiro atoms. The van der Waals surface area contributed by atoms with Gasteiger partial charge in [-0.05, 0) is 24.1 Å². The molecular weight excluding hydrogens is 205 g/mol. The normalized spacial score (nSPS) is 11.6. The summed E-state index contributed by atoms with van der Waals surface area (Å²) in [4.78, 5) is -0.0268. The average molecular weight is 217 g/mol. The molecule has 1 aromatic carbocycles. The predicted octanol–water partition coefficient (Wildman–Crippen LogP) is 1.37. The van der Waals surface area contributed by atoms with Gasteiger partial charge in [-0.15, -0.1) is 0 Å². The Morgan fingerprint density at radius 1 is 1.43 bits per heavy atom. The monoisotopic (exact) mass is 217 g/mol. The lowest BCUT2D eigenvalue weighted by molar-refractivity contribution is 0.596. The van der Waals surface area contributed by atoms with E-state index in [0.717, 1.165) is 12.3 Å². The van der Waals surface area contributed by atoms with E-state index in [2.05, 4.69) is 0 Å². The highest BCUT2D eigenvalue weighted by atomic mass is 32.2. The summed E-state index contributed by atoms with van der Waals surface area (Å²) in [6.07, 6.45) is 1.55. The van der Waals surface area contributed by atoms with Crippen molar-refractivity contribution in [3.05, 3.63) is 23.5 Å². The number of rotatable bonds is 2. The van der Waals surface area contributed by atoms with E-state index in [0.29, 0.717) is 12.0 Å². The number of anilines is 1. The zero-order valence-electron chi connectivity index (χ0n) is 8.04. The van der Waals surface area contributed by atoms with Crippen molar-refractivity contribution in [3.63, 3.8) is 0 Å². The molecule has 0 aromatic heterocycles. The van der Waals surface area contributed by atoms with Crippen LogP contribution in [0.3, 0.4) is 0 Å². The van der Waals surface area contributed by atoms with Gasteiger partial charge in [0.1, 0.15) is 5.82 Å². The molecule has 0 aliphatic heterocycles. The average Bonchev–Trinajstić information content (AvgIpc) is 2.07. The van der Waals surface area contributed by atoms with Crippen LogP contribution in [0.4, 0.5) is 10.1 Å². The van der Waals surface area contributed by atoms with Crippen molar-refractivity contribution in [2.24, 2.45) is 0 Å². The first-order valence-electron chi connectivity index (χ1n) is 4.14. The molecule has 0 unspecified atom stereocenters. The molecule has 0 atom stereocenters. The van der Waals surface area contributed by atoms with Gasteiger partial charge in [0.15, 0.2) is 9.84 Å². The second-order valence-electron chi connectivity index (χ2n) is 3.10. The zero-order chi connectivity index (χ0) is 10.9. The van der Waals surface area contributed by atoms with Crippen molar-refractivity contribution in [1.82, 2.24) is 0 Å². The van der Waals surface area contributed by atoms with Crippen molar-refractivity contribution in [2.75, 3.05) is 12.0 Å². The Hall–Kier alpha value is -1.10. The molecule has 1 rings (SSSR count). The van der Waals surface area contributed by atoms with Gasteiger partial charge in [-0.1, -0.05) is 6.92 Å². The number of hydrogen-bond donors (Lipinski definition) is 1. The van der Waals surface area contributed by atoms with Crippen LogP contribution in [0.1, 0.15) is 12.5 Å². The number of sulfone groups is 1. The fraction of sp³-hybridized carbons (Fsp3) is 0.333. The number of benzene rings is 1. The Labute approximate surface area is 82.7 Å². The smallest absolute Gasteiger partial charge is 0.175 e. The number of nitrogens with two attached hydrogens (primary N) is 1. The highest BCUT2D eigenvalue weighted by Crippen LogP contribution is 2.22. The zero-order valence-corrected chi connectivity index (χ0v) is 8.86. The summed E-state index contributed by atoms with van der Waals surface area (Å²) in [5, 5.41) is 0. The minimum Gasteiger partial charge on any atom is -0.396 e. The van der Waals surface area contributed by atoms with Crippen LogP contribution in [0.25, 0.3) is 0 Å². The Kier molecular flexibility index (Phi) is 2.80. The fourth-order valence-corrected chi connectivity index (χ4v) is 1.83. The van der Waals surface area contributed by atoms with E-state index in [4.69, 9.17) is 5.73 Å². The third-order valence-electron chi connectivity index (χ3n) is 2.00. The Morgan fingerprint density at radius 2 is 2.00 bits per heavy atom. The molecule has 0 radical (unpaired) electrons. The van der Waals surface area contributed by atoms with Gasteiger partial charge in [0.25, 0.3) is 0 Å². The standard InChI is InChI=1S/C9H12FNO2S/c1-3-6-4-7(14(2,12)13)5-8(10)9(6)11/h4-5H,3,11H2,1-2H3. The number of hydrogen-bond acceptors (Lipinski definition) is 3. The summed E-state index contributed by atoms with van der Waals surface area (Å²) in [6.45, 7) is 1.79. The maximum absolute atomic E-state index is 13.2. The molecule has 2 N–H and O–H groups in total. The first-order chi connectivity index (χ1) is 6.36. The van der Waals surface area contributed by atoms with Gasteiger partial charge in [0, 0.05) is 6.26 Å². The van der Waals surface area contributed by atoms with E-state index >= 15 is 0 Å². The third-order valence-corrected chi connectivity index (χ3v) is 3.09. The second-order valence-corrected chi connectivity index (χ2v) is 5.12. The number of nitrogen functional groups attached to an aromatic ring is 1. The lowest BCUT2D eigenvalue weighted by Crippen LogP contribution is -2.03. The predicted molar refractivity (Wildman–Crippen MR) is 53.3 cm³/mol. The van der Waals surface area contributed by atoms with E-state index < -0.39 is 15.7 Å². The lowest BCUT2D eigenvalue weighted by atomic mass is 10.1. The molecule has 3 nitrogen and oxygen atoms in total. The Morgan fingerprint density at radius 3 is 2.43 bits per heavy atom. The van der Waals surface area contributed by atoms with Gasteiger partial charge in [-0.25, -0.2) is 12.8 Å². The summed E-state index contributed by atoms with van der Waals surface area (Å²) in [5.74, 6) is -0.676. The molecule has 5 heteroatoms. The van der Waals surface area contributed by atoms with Gasteiger partial charge in [0.05, 0.1) is 10.6 Å². The fourth-order valence-electron chi connectivity index (χ4n) is 1.15. The van der Waals surface area contributed by atoms with Crippen molar-refractivity contribution in [3.8, 4) is 0 Å². The summed E-state index contributed by atoms with van der Waals surface area (Å²) in [5.41, 5.74) is 5.98. The minimum atomic E-state index is -3.37. The number of aryl methyl sites for hydroxylation is 1. The minimum absolute atomic E-state index is 0.0268. The molecule has 78 valence electrons. The molecule has 14 heavy (non-hydrogen) atoms. The molecule has 0 saturated heterocycles. The molecule has 1 aromatic rings. The summed E-state index contributed by atoms with van der Waals surface area (Å²) in [7, 11) is -3.37. The SMILES string of the molecule is CCc1cc(S(C)(=O)=O)cc(F)c1N. The second kappa shape index (κ2) is 3.57. The summed E-state index contributed by atoms with van der Waals surface area (Å²) < 4.78 is 35.5. The third kappa shape index (κ3) is 2.04. The van der Waals surface area contributed by atoms with Gasteiger partial charge in [0.2, 0.25) is 0 Å². The van der Waals surface area contributed by atoms with Crippen LogP contribution in [-0.2, 0) is 16.3 Å². The van der Waals surface area contributed by atoms with Crippen molar-refractivity contribution >= 4 is 15.5 Å². The van der Waals surface area contributed by atoms with Gasteiger partial charge >= 0.3 is 0 Å². The van der Waals surface area contributed by atoms with E-state index in [-0.39, 0.29) is 10.6 Å². The molecular formula is C9H12FNO2S. The first-order valence-corrected chi connectivity index (χ1v) is 6.03. The highest BCUT2D eigenvalue weighted by Gasteiger charge is 2.13. The first kappa shape index (κ1) is 11.0. The van der Waals surface area contributed by atoms with Crippen LogP contribution in [-0.4, -0.2) is 14.7 Å². The molecule has 0 saturated carbocycles. The summed E-state index contributed by atoms with van der Waals surface area (Å²) in [6, 6.07) is 2.36. The Bertz CT molecular complexity index is 454. The van der Waals surface area contributed by atoms with E-state index in [9.17, 15) is 12.8 Å². The molecule has 0 aliphatic carbocycles. The van der Waals surface area contributed by atoms with Crippen LogP contribution < -0.4 is 5.73 Å². The molecule has 0 heterocycles. The van der Waals surface area contributed by atoms with Crippen molar-refractivity contribution < 1.29 is 12.8 Å². The Balaban J connectivity index is 3.46. The van der Waals surface area contributed by atoms with Crippen LogP contribution in [0.15, 0.2) is 17.0 Å². The van der Waals surface area contributed by atoms with Gasteiger partial charge in [-0.2, -0.15) is 0 Å². The van der Waals surface area contributed by atoms with Crippen molar-refractivity contribution in [2.45, 2.75) is 18.2 Å². The van der Waals surface area contributed by atoms with Crippen LogP contribution in [0.5, 0.6) is 0 Å². The quantitative estimate of drug-likeness (QED) is 0.761. The topological polar surface area (TPSA) is 60.2 Å². The molecule has 0 amide bonds. The maximum atomic E-state index is 13.2. The summed E-state index contributed by atoms with van der Waals surface area (Å²) >= 11 is 0. The maximum Gasteiger partial charge on any atom is 0.175 e. The largest absolute Gasteiger partial charge is 0.396 e. The van der Waals surface area contributed by atoms with Crippen LogP contribution in [0, 0.1) is 5.82 Å². The molecule has 0 aliphatic rings.